The fourth-order valence-corrected chi connectivity index (χ4v) is 2.78. The molecule has 0 saturated carbocycles. The van der Waals surface area contributed by atoms with E-state index < -0.39 is 11.5 Å². The van der Waals surface area contributed by atoms with Crippen molar-refractivity contribution in [3.05, 3.63) is 51.2 Å². The lowest BCUT2D eigenvalue weighted by Crippen LogP contribution is -2.22. The number of hydrogen-bond donors (Lipinski definition) is 1. The van der Waals surface area contributed by atoms with E-state index in [9.17, 15) is 9.59 Å². The Bertz CT molecular complexity index is 1120. The van der Waals surface area contributed by atoms with Crippen LogP contribution in [0.2, 0.25) is 0 Å². The Morgan fingerprint density at radius 1 is 1.19 bits per heavy atom. The summed E-state index contributed by atoms with van der Waals surface area (Å²) in [7, 11) is 4.25. The van der Waals surface area contributed by atoms with Gasteiger partial charge in [-0.05, 0) is 30.4 Å². The summed E-state index contributed by atoms with van der Waals surface area (Å²) in [4.78, 5) is 31.8. The highest BCUT2D eigenvalue weighted by atomic mass is 32.1. The van der Waals surface area contributed by atoms with Gasteiger partial charge in [-0.15, -0.1) is 0 Å². The molecule has 134 valence electrons. The summed E-state index contributed by atoms with van der Waals surface area (Å²) in [6.07, 6.45) is 1.46. The van der Waals surface area contributed by atoms with Crippen molar-refractivity contribution in [2.45, 2.75) is 0 Å². The van der Waals surface area contributed by atoms with Crippen molar-refractivity contribution < 1.29 is 19.0 Å². The number of methoxy groups -OCH3 is 3. The molecule has 3 rings (SSSR count). The molecule has 1 N–H and O–H groups in total. The first-order valence-corrected chi connectivity index (χ1v) is 7.86. The zero-order valence-electron chi connectivity index (χ0n) is 14.2. The van der Waals surface area contributed by atoms with Crippen molar-refractivity contribution >= 4 is 29.1 Å². The summed E-state index contributed by atoms with van der Waals surface area (Å²) >= 11 is 5.32. The van der Waals surface area contributed by atoms with Gasteiger partial charge in [0.05, 0.1) is 44.0 Å². The van der Waals surface area contributed by atoms with Gasteiger partial charge in [-0.25, -0.2) is 14.3 Å². The number of aromatic nitrogens is 3. The van der Waals surface area contributed by atoms with Crippen LogP contribution in [0.3, 0.4) is 0 Å². The molecular formula is C17H15N3O5S. The zero-order chi connectivity index (χ0) is 18.8. The number of H-pyrrole nitrogens is 1. The predicted octanol–water partition coefficient (Wildman–Crippen LogP) is 2.25. The molecule has 0 radical (unpaired) electrons. The van der Waals surface area contributed by atoms with E-state index in [1.165, 1.54) is 50.3 Å². The molecule has 0 fully saturated rings. The third kappa shape index (κ3) is 2.93. The van der Waals surface area contributed by atoms with E-state index in [-0.39, 0.29) is 10.6 Å². The van der Waals surface area contributed by atoms with Crippen LogP contribution in [0.25, 0.3) is 16.7 Å². The van der Waals surface area contributed by atoms with Gasteiger partial charge in [0, 0.05) is 6.07 Å². The molecule has 0 saturated heterocycles. The maximum Gasteiger partial charge on any atom is 0.337 e. The Labute approximate surface area is 153 Å². The number of nitrogens with one attached hydrogen (secondary N) is 1. The van der Waals surface area contributed by atoms with E-state index in [4.69, 9.17) is 26.4 Å². The molecule has 0 bridgehead atoms. The number of hydrogen-bond acceptors (Lipinski definition) is 7. The number of fused-ring (bicyclic) bond motifs is 1. The second kappa shape index (κ2) is 6.96. The highest BCUT2D eigenvalue weighted by Gasteiger charge is 2.15. The SMILES string of the molecule is COC(=O)c1ccc2c(=O)n(-c3ncc(OC)cc3OC)c(=S)[nH]c2c1. The van der Waals surface area contributed by atoms with Gasteiger partial charge in [0.15, 0.2) is 16.3 Å². The molecule has 0 aliphatic carbocycles. The van der Waals surface area contributed by atoms with Crippen molar-refractivity contribution in [1.29, 1.82) is 0 Å². The van der Waals surface area contributed by atoms with E-state index >= 15 is 0 Å². The maximum absolute atomic E-state index is 13.0. The van der Waals surface area contributed by atoms with E-state index in [0.29, 0.717) is 28.0 Å². The Morgan fingerprint density at radius 3 is 2.62 bits per heavy atom. The quantitative estimate of drug-likeness (QED) is 0.553. The number of carbonyl (C=O) groups excluding carboxylic acids is 1. The van der Waals surface area contributed by atoms with Crippen molar-refractivity contribution in [2.75, 3.05) is 21.3 Å². The van der Waals surface area contributed by atoms with Gasteiger partial charge >= 0.3 is 5.97 Å². The molecule has 8 nitrogen and oxygen atoms in total. The summed E-state index contributed by atoms with van der Waals surface area (Å²) in [5, 5.41) is 0.339. The molecule has 0 amide bonds. The molecular weight excluding hydrogens is 358 g/mol. The van der Waals surface area contributed by atoms with E-state index in [1.807, 2.05) is 0 Å². The molecule has 1 aromatic carbocycles. The molecule has 0 spiro atoms. The summed E-state index contributed by atoms with van der Waals surface area (Å²) in [5.74, 6) is 0.543. The molecule has 2 heterocycles. The van der Waals surface area contributed by atoms with Crippen molar-refractivity contribution in [2.24, 2.45) is 0 Å². The lowest BCUT2D eigenvalue weighted by Gasteiger charge is -2.12. The molecule has 0 atom stereocenters. The molecule has 0 aliphatic rings. The number of pyridine rings is 1. The fraction of sp³-hybridized carbons (Fsp3) is 0.176. The Kier molecular flexibility index (Phi) is 4.72. The molecule has 0 aliphatic heterocycles. The van der Waals surface area contributed by atoms with E-state index in [0.717, 1.165) is 0 Å². The van der Waals surface area contributed by atoms with Crippen LogP contribution in [-0.4, -0.2) is 41.8 Å². The minimum atomic E-state index is -0.506. The zero-order valence-corrected chi connectivity index (χ0v) is 15.0. The average Bonchev–Trinajstić information content (AvgIpc) is 2.66. The third-order valence-electron chi connectivity index (χ3n) is 3.79. The maximum atomic E-state index is 13.0. The smallest absolute Gasteiger partial charge is 0.337 e. The lowest BCUT2D eigenvalue weighted by atomic mass is 10.1. The summed E-state index contributed by atoms with van der Waals surface area (Å²) in [5.41, 5.74) is 0.339. The molecule has 0 unspecified atom stereocenters. The van der Waals surface area contributed by atoms with E-state index in [1.54, 1.807) is 6.07 Å². The topological polar surface area (TPSA) is 95.4 Å². The van der Waals surface area contributed by atoms with Crippen molar-refractivity contribution in [3.8, 4) is 17.3 Å². The van der Waals surface area contributed by atoms with Gasteiger partial charge in [-0.2, -0.15) is 0 Å². The third-order valence-corrected chi connectivity index (χ3v) is 4.08. The molecule has 3 aromatic rings. The van der Waals surface area contributed by atoms with Gasteiger partial charge in [0.1, 0.15) is 5.75 Å². The van der Waals surface area contributed by atoms with Gasteiger partial charge in [-0.1, -0.05) is 0 Å². The minimum absolute atomic E-state index is 0.112. The van der Waals surface area contributed by atoms with Crippen LogP contribution in [0, 0.1) is 4.77 Å². The number of carbonyl (C=O) groups is 1. The Morgan fingerprint density at radius 2 is 1.96 bits per heavy atom. The number of esters is 1. The predicted molar refractivity (Wildman–Crippen MR) is 97.0 cm³/mol. The van der Waals surface area contributed by atoms with E-state index in [2.05, 4.69) is 9.97 Å². The highest BCUT2D eigenvalue weighted by Crippen LogP contribution is 2.25. The first kappa shape index (κ1) is 17.6. The molecule has 2 aromatic heterocycles. The van der Waals surface area contributed by atoms with Gasteiger partial charge in [0.2, 0.25) is 0 Å². The number of aromatic amines is 1. The van der Waals surface area contributed by atoms with Crippen LogP contribution in [-0.2, 0) is 4.74 Å². The normalized spacial score (nSPS) is 10.6. The Hall–Kier alpha value is -3.20. The monoisotopic (exact) mass is 373 g/mol. The molecule has 26 heavy (non-hydrogen) atoms. The summed E-state index contributed by atoms with van der Waals surface area (Å²) in [6, 6.07) is 6.16. The fourth-order valence-electron chi connectivity index (χ4n) is 2.50. The summed E-state index contributed by atoms with van der Waals surface area (Å²) in [6.45, 7) is 0. The van der Waals surface area contributed by atoms with Gasteiger partial charge in [0.25, 0.3) is 5.56 Å². The average molecular weight is 373 g/mol. The minimum Gasteiger partial charge on any atom is -0.495 e. The summed E-state index contributed by atoms with van der Waals surface area (Å²) < 4.78 is 16.5. The van der Waals surface area contributed by atoms with Gasteiger partial charge < -0.3 is 19.2 Å². The number of benzene rings is 1. The van der Waals surface area contributed by atoms with Crippen molar-refractivity contribution in [1.82, 2.24) is 14.5 Å². The number of nitrogens with zero attached hydrogens (tertiary/aromatic N) is 2. The van der Waals surface area contributed by atoms with Crippen LogP contribution >= 0.6 is 12.2 Å². The van der Waals surface area contributed by atoms with Crippen LogP contribution in [0.5, 0.6) is 11.5 Å². The number of rotatable bonds is 4. The highest BCUT2D eigenvalue weighted by molar-refractivity contribution is 7.71. The van der Waals surface area contributed by atoms with Crippen LogP contribution in [0.4, 0.5) is 0 Å². The second-order valence-corrected chi connectivity index (χ2v) is 5.61. The van der Waals surface area contributed by atoms with Crippen LogP contribution in [0.1, 0.15) is 10.4 Å². The first-order valence-electron chi connectivity index (χ1n) is 7.46. The second-order valence-electron chi connectivity index (χ2n) is 5.22. The standard InChI is InChI=1S/C17H15N3O5S/c1-23-10-7-13(24-2)14(18-8-10)20-15(21)11-5-4-9(16(22)25-3)6-12(11)19-17(20)26/h4-8H,1-3H3,(H,19,26). The van der Waals surface area contributed by atoms with Crippen LogP contribution in [0.15, 0.2) is 35.3 Å². The number of ether oxygens (including phenoxy) is 3. The largest absolute Gasteiger partial charge is 0.495 e. The molecule has 9 heteroatoms. The van der Waals surface area contributed by atoms with Gasteiger partial charge in [-0.3, -0.25) is 4.79 Å². The van der Waals surface area contributed by atoms with Crippen molar-refractivity contribution in [3.63, 3.8) is 0 Å². The lowest BCUT2D eigenvalue weighted by molar-refractivity contribution is 0.0601. The Balaban J connectivity index is 2.27. The first-order chi connectivity index (χ1) is 12.5. The van der Waals surface area contributed by atoms with Crippen LogP contribution < -0.4 is 15.0 Å².